The molecule has 0 fully saturated rings. The Morgan fingerprint density at radius 3 is 2.11 bits per heavy atom. The summed E-state index contributed by atoms with van der Waals surface area (Å²) >= 11 is 0. The largest absolute Gasteiger partial charge is 0.497 e. The van der Waals surface area contributed by atoms with Gasteiger partial charge in [0.05, 0.1) is 14.2 Å². The molecule has 0 saturated carbocycles. The van der Waals surface area contributed by atoms with Gasteiger partial charge < -0.3 is 9.47 Å². The Balaban J connectivity index is 2.96. The van der Waals surface area contributed by atoms with Crippen LogP contribution in [-0.4, -0.2) is 20.0 Å². The average molecular weight is 264 g/mol. The van der Waals surface area contributed by atoms with Crippen molar-refractivity contribution in [3.8, 4) is 11.5 Å². The summed E-state index contributed by atoms with van der Waals surface area (Å²) in [5.41, 5.74) is 0.680. The number of Topliss-reactive ketones (excluding diaryl/α,β-unsaturated/α-hetero) is 1. The van der Waals surface area contributed by atoms with Gasteiger partial charge in [-0.2, -0.15) is 0 Å². The molecule has 0 aliphatic carbocycles. The molecule has 0 aliphatic rings. The van der Waals surface area contributed by atoms with Gasteiger partial charge in [0.2, 0.25) is 0 Å². The number of rotatable bonds is 8. The van der Waals surface area contributed by atoms with Crippen LogP contribution in [-0.2, 0) is 0 Å². The molecule has 0 aliphatic heterocycles. The molecule has 0 N–H and O–H groups in total. The monoisotopic (exact) mass is 264 g/mol. The van der Waals surface area contributed by atoms with E-state index in [1.165, 1.54) is 0 Å². The standard InChI is InChI=1S/C16H24O3/c1-5-7-8-12(6-2)16(17)13-9-14(18-3)11-15(10-13)19-4/h9-12H,5-8H2,1-4H3. The van der Waals surface area contributed by atoms with Gasteiger partial charge >= 0.3 is 0 Å². The van der Waals surface area contributed by atoms with E-state index in [9.17, 15) is 4.79 Å². The molecule has 0 saturated heterocycles. The number of hydrogen-bond acceptors (Lipinski definition) is 3. The molecular weight excluding hydrogens is 240 g/mol. The maximum atomic E-state index is 12.5. The number of carbonyl (C=O) groups excluding carboxylic acids is 1. The number of methoxy groups -OCH3 is 2. The smallest absolute Gasteiger partial charge is 0.166 e. The molecule has 0 aromatic heterocycles. The maximum absolute atomic E-state index is 12.5. The molecule has 1 aromatic rings. The van der Waals surface area contributed by atoms with Crippen LogP contribution in [0.5, 0.6) is 11.5 Å². The Kier molecular flexibility index (Phi) is 6.40. The van der Waals surface area contributed by atoms with Crippen LogP contribution in [0.2, 0.25) is 0 Å². The van der Waals surface area contributed by atoms with Crippen molar-refractivity contribution in [2.45, 2.75) is 39.5 Å². The maximum Gasteiger partial charge on any atom is 0.166 e. The molecule has 1 unspecified atom stereocenters. The minimum absolute atomic E-state index is 0.0942. The van der Waals surface area contributed by atoms with E-state index in [4.69, 9.17) is 9.47 Å². The predicted octanol–water partition coefficient (Wildman–Crippen LogP) is 4.10. The van der Waals surface area contributed by atoms with Gasteiger partial charge in [-0.1, -0.05) is 26.7 Å². The summed E-state index contributed by atoms with van der Waals surface area (Å²) in [5.74, 6) is 1.60. The van der Waals surface area contributed by atoms with Crippen molar-refractivity contribution in [2.75, 3.05) is 14.2 Å². The van der Waals surface area contributed by atoms with E-state index >= 15 is 0 Å². The summed E-state index contributed by atoms with van der Waals surface area (Å²) in [6.45, 7) is 4.21. The normalized spacial score (nSPS) is 12.0. The molecule has 0 amide bonds. The first-order chi connectivity index (χ1) is 9.15. The van der Waals surface area contributed by atoms with Crippen LogP contribution >= 0.6 is 0 Å². The van der Waals surface area contributed by atoms with Crippen molar-refractivity contribution >= 4 is 5.78 Å². The zero-order chi connectivity index (χ0) is 14.3. The van der Waals surface area contributed by atoms with Crippen LogP contribution in [0.1, 0.15) is 49.9 Å². The molecule has 0 spiro atoms. The van der Waals surface area contributed by atoms with Crippen molar-refractivity contribution in [2.24, 2.45) is 5.92 Å². The summed E-state index contributed by atoms with van der Waals surface area (Å²) in [6, 6.07) is 5.36. The van der Waals surface area contributed by atoms with Crippen molar-refractivity contribution < 1.29 is 14.3 Å². The van der Waals surface area contributed by atoms with Crippen LogP contribution < -0.4 is 9.47 Å². The zero-order valence-electron chi connectivity index (χ0n) is 12.4. The second kappa shape index (κ2) is 7.82. The second-order valence-electron chi connectivity index (χ2n) is 4.71. The lowest BCUT2D eigenvalue weighted by Gasteiger charge is -2.14. The van der Waals surface area contributed by atoms with Crippen LogP contribution in [0, 0.1) is 5.92 Å². The quantitative estimate of drug-likeness (QED) is 0.663. The van der Waals surface area contributed by atoms with Gasteiger partial charge in [0.25, 0.3) is 0 Å². The summed E-state index contributed by atoms with van der Waals surface area (Å²) in [7, 11) is 3.19. The number of unbranched alkanes of at least 4 members (excludes halogenated alkanes) is 1. The lowest BCUT2D eigenvalue weighted by molar-refractivity contribution is 0.0907. The molecule has 1 rings (SSSR count). The lowest BCUT2D eigenvalue weighted by atomic mass is 9.90. The molecule has 1 atom stereocenters. The fourth-order valence-corrected chi connectivity index (χ4v) is 2.16. The molecule has 19 heavy (non-hydrogen) atoms. The summed E-state index contributed by atoms with van der Waals surface area (Å²) < 4.78 is 10.4. The Morgan fingerprint density at radius 2 is 1.68 bits per heavy atom. The van der Waals surface area contributed by atoms with E-state index in [0.717, 1.165) is 25.7 Å². The third-order valence-corrected chi connectivity index (χ3v) is 3.41. The third kappa shape index (κ3) is 4.27. The Hall–Kier alpha value is -1.51. The summed E-state index contributed by atoms with van der Waals surface area (Å²) in [6.07, 6.45) is 4.03. The lowest BCUT2D eigenvalue weighted by Crippen LogP contribution is -2.14. The van der Waals surface area contributed by atoms with E-state index in [1.807, 2.05) is 0 Å². The average Bonchev–Trinajstić information content (AvgIpc) is 2.47. The molecule has 106 valence electrons. The zero-order valence-corrected chi connectivity index (χ0v) is 12.4. The van der Waals surface area contributed by atoms with E-state index in [-0.39, 0.29) is 11.7 Å². The van der Waals surface area contributed by atoms with Gasteiger partial charge in [-0.3, -0.25) is 4.79 Å². The number of benzene rings is 1. The van der Waals surface area contributed by atoms with Gasteiger partial charge in [0, 0.05) is 17.5 Å². The van der Waals surface area contributed by atoms with Gasteiger partial charge in [-0.25, -0.2) is 0 Å². The fraction of sp³-hybridized carbons (Fsp3) is 0.562. The van der Waals surface area contributed by atoms with Crippen LogP contribution in [0.4, 0.5) is 0 Å². The van der Waals surface area contributed by atoms with Gasteiger partial charge in [-0.15, -0.1) is 0 Å². The van der Waals surface area contributed by atoms with Crippen LogP contribution in [0.15, 0.2) is 18.2 Å². The van der Waals surface area contributed by atoms with Crippen molar-refractivity contribution in [3.63, 3.8) is 0 Å². The Morgan fingerprint density at radius 1 is 1.11 bits per heavy atom. The van der Waals surface area contributed by atoms with Crippen molar-refractivity contribution in [3.05, 3.63) is 23.8 Å². The number of ketones is 1. The number of ether oxygens (including phenoxy) is 2. The fourth-order valence-electron chi connectivity index (χ4n) is 2.16. The van der Waals surface area contributed by atoms with E-state index in [2.05, 4.69) is 13.8 Å². The van der Waals surface area contributed by atoms with E-state index in [0.29, 0.717) is 17.1 Å². The van der Waals surface area contributed by atoms with Crippen LogP contribution in [0.25, 0.3) is 0 Å². The highest BCUT2D eigenvalue weighted by molar-refractivity contribution is 5.98. The van der Waals surface area contributed by atoms with Crippen molar-refractivity contribution in [1.29, 1.82) is 0 Å². The molecule has 3 heteroatoms. The van der Waals surface area contributed by atoms with Gasteiger partial charge in [0.15, 0.2) is 5.78 Å². The first-order valence-electron chi connectivity index (χ1n) is 6.93. The highest BCUT2D eigenvalue weighted by Gasteiger charge is 2.19. The molecular formula is C16H24O3. The molecule has 1 aromatic carbocycles. The molecule has 0 bridgehead atoms. The molecule has 0 heterocycles. The highest BCUT2D eigenvalue weighted by Crippen LogP contribution is 2.26. The first kappa shape index (κ1) is 15.5. The Bertz CT molecular complexity index is 390. The predicted molar refractivity (Wildman–Crippen MR) is 77.2 cm³/mol. The molecule has 3 nitrogen and oxygen atoms in total. The molecule has 0 radical (unpaired) electrons. The number of hydrogen-bond donors (Lipinski definition) is 0. The number of carbonyl (C=O) groups is 1. The topological polar surface area (TPSA) is 35.5 Å². The second-order valence-corrected chi connectivity index (χ2v) is 4.71. The minimum atomic E-state index is 0.0942. The first-order valence-corrected chi connectivity index (χ1v) is 6.93. The Labute approximate surface area is 115 Å². The summed E-state index contributed by atoms with van der Waals surface area (Å²) in [4.78, 5) is 12.5. The van der Waals surface area contributed by atoms with E-state index in [1.54, 1.807) is 32.4 Å². The summed E-state index contributed by atoms with van der Waals surface area (Å²) in [5, 5.41) is 0. The van der Waals surface area contributed by atoms with Crippen molar-refractivity contribution in [1.82, 2.24) is 0 Å². The van der Waals surface area contributed by atoms with Gasteiger partial charge in [0.1, 0.15) is 11.5 Å². The minimum Gasteiger partial charge on any atom is -0.497 e. The van der Waals surface area contributed by atoms with Crippen LogP contribution in [0.3, 0.4) is 0 Å². The van der Waals surface area contributed by atoms with E-state index < -0.39 is 0 Å². The third-order valence-electron chi connectivity index (χ3n) is 3.41. The SMILES string of the molecule is CCCCC(CC)C(=O)c1cc(OC)cc(OC)c1. The van der Waals surface area contributed by atoms with Gasteiger partial charge in [-0.05, 0) is 25.0 Å². The highest BCUT2D eigenvalue weighted by atomic mass is 16.5.